The Morgan fingerprint density at radius 3 is 2.47 bits per heavy atom. The highest BCUT2D eigenvalue weighted by Gasteiger charge is 2.29. The summed E-state index contributed by atoms with van der Waals surface area (Å²) in [6.45, 7) is 0.858. The van der Waals surface area contributed by atoms with Gasteiger partial charge < -0.3 is 10.4 Å². The second kappa shape index (κ2) is 5.23. The lowest BCUT2D eigenvalue weighted by atomic mass is 9.93. The van der Waals surface area contributed by atoms with Crippen LogP contribution in [0, 0.1) is 0 Å². The third-order valence-electron chi connectivity index (χ3n) is 2.29. The summed E-state index contributed by atoms with van der Waals surface area (Å²) in [5, 5.41) is 14.9. The minimum absolute atomic E-state index is 0.387. The molecule has 0 heterocycles. The van der Waals surface area contributed by atoms with Crippen LogP contribution in [0.1, 0.15) is 5.56 Å². The summed E-state index contributed by atoms with van der Waals surface area (Å²) in [5.74, 6) is 5.59. The molecule has 4 N–H and O–H groups in total. The number of rotatable bonds is 5. The lowest BCUT2D eigenvalue weighted by molar-refractivity contribution is 0.00765. The molecule has 1 rings (SSSR count). The summed E-state index contributed by atoms with van der Waals surface area (Å²) >= 11 is 0. The maximum Gasteiger partial charge on any atom is 0.116 e. The summed E-state index contributed by atoms with van der Waals surface area (Å²) in [4.78, 5) is 0. The Morgan fingerprint density at radius 1 is 1.40 bits per heavy atom. The van der Waals surface area contributed by atoms with Crippen molar-refractivity contribution in [3.63, 3.8) is 0 Å². The Bertz CT molecular complexity index is 289. The van der Waals surface area contributed by atoms with E-state index in [1.807, 2.05) is 37.4 Å². The molecule has 84 valence electrons. The highest BCUT2D eigenvalue weighted by Crippen LogP contribution is 2.20. The van der Waals surface area contributed by atoms with Gasteiger partial charge in [-0.1, -0.05) is 30.3 Å². The Balaban J connectivity index is 2.90. The van der Waals surface area contributed by atoms with E-state index in [0.717, 1.165) is 5.56 Å². The van der Waals surface area contributed by atoms with Crippen molar-refractivity contribution in [2.45, 2.75) is 5.60 Å². The van der Waals surface area contributed by atoms with E-state index in [1.54, 1.807) is 7.05 Å². The molecule has 0 aliphatic carbocycles. The van der Waals surface area contributed by atoms with Gasteiger partial charge in [0.05, 0.1) is 0 Å². The molecular formula is C11H19N3O. The number of benzene rings is 1. The molecule has 0 aliphatic heterocycles. The molecule has 1 aromatic carbocycles. The third kappa shape index (κ3) is 3.28. The minimum atomic E-state index is -0.945. The maximum absolute atomic E-state index is 10.5. The number of nitrogens with zero attached hydrogens (tertiary/aromatic N) is 1. The molecule has 0 aliphatic rings. The number of nitrogens with two attached hydrogens (primary N) is 1. The first-order valence-corrected chi connectivity index (χ1v) is 4.97. The van der Waals surface area contributed by atoms with Crippen LogP contribution in [0.3, 0.4) is 0 Å². The Morgan fingerprint density at radius 2 is 2.00 bits per heavy atom. The second-order valence-electron chi connectivity index (χ2n) is 3.84. The summed E-state index contributed by atoms with van der Waals surface area (Å²) in [5.41, 5.74) is -0.0730. The zero-order chi connectivity index (χ0) is 11.3. The number of likely N-dealkylation sites (N-methyl/N-ethyl adjacent to an activating group) is 2. The molecule has 0 fully saturated rings. The SMILES string of the molecule is CNCC(O)(CN(C)N)c1ccccc1. The van der Waals surface area contributed by atoms with Crippen molar-refractivity contribution in [1.29, 1.82) is 0 Å². The zero-order valence-corrected chi connectivity index (χ0v) is 9.27. The zero-order valence-electron chi connectivity index (χ0n) is 9.27. The summed E-state index contributed by atoms with van der Waals surface area (Å²) in [6, 6.07) is 9.55. The topological polar surface area (TPSA) is 61.5 Å². The molecule has 15 heavy (non-hydrogen) atoms. The van der Waals surface area contributed by atoms with Gasteiger partial charge in [0.25, 0.3) is 0 Å². The average molecular weight is 209 g/mol. The molecule has 0 radical (unpaired) electrons. The van der Waals surface area contributed by atoms with Gasteiger partial charge in [-0.2, -0.15) is 0 Å². The predicted molar refractivity (Wildman–Crippen MR) is 61.1 cm³/mol. The molecule has 4 nitrogen and oxygen atoms in total. The van der Waals surface area contributed by atoms with E-state index in [4.69, 9.17) is 5.84 Å². The van der Waals surface area contributed by atoms with Gasteiger partial charge >= 0.3 is 0 Å². The van der Waals surface area contributed by atoms with E-state index in [0.29, 0.717) is 13.1 Å². The van der Waals surface area contributed by atoms with E-state index in [-0.39, 0.29) is 0 Å². The van der Waals surface area contributed by atoms with Gasteiger partial charge in [0.15, 0.2) is 0 Å². The van der Waals surface area contributed by atoms with Crippen molar-refractivity contribution in [2.24, 2.45) is 5.84 Å². The monoisotopic (exact) mass is 209 g/mol. The Hall–Kier alpha value is -0.940. The van der Waals surface area contributed by atoms with E-state index in [1.165, 1.54) is 5.01 Å². The van der Waals surface area contributed by atoms with Crippen molar-refractivity contribution in [2.75, 3.05) is 27.2 Å². The van der Waals surface area contributed by atoms with E-state index in [2.05, 4.69) is 5.32 Å². The molecule has 4 heteroatoms. The third-order valence-corrected chi connectivity index (χ3v) is 2.29. The fraction of sp³-hybridized carbons (Fsp3) is 0.455. The first-order chi connectivity index (χ1) is 7.08. The lowest BCUT2D eigenvalue weighted by Crippen LogP contribution is -2.47. The van der Waals surface area contributed by atoms with Crippen LogP contribution in [0.15, 0.2) is 30.3 Å². The van der Waals surface area contributed by atoms with Crippen molar-refractivity contribution in [3.8, 4) is 0 Å². The molecule has 0 spiro atoms. The van der Waals surface area contributed by atoms with Crippen LogP contribution in [0.25, 0.3) is 0 Å². The molecule has 1 aromatic rings. The smallest absolute Gasteiger partial charge is 0.116 e. The van der Waals surface area contributed by atoms with Gasteiger partial charge in [-0.05, 0) is 12.6 Å². The van der Waals surface area contributed by atoms with Crippen molar-refractivity contribution >= 4 is 0 Å². The molecule has 0 aromatic heterocycles. The first kappa shape index (κ1) is 12.1. The normalized spacial score (nSPS) is 15.3. The summed E-state index contributed by atoms with van der Waals surface area (Å²) in [7, 11) is 3.55. The Kier molecular flexibility index (Phi) is 4.23. The fourth-order valence-corrected chi connectivity index (χ4v) is 1.70. The highest BCUT2D eigenvalue weighted by atomic mass is 16.3. The number of hydrogen-bond acceptors (Lipinski definition) is 4. The molecule has 0 saturated carbocycles. The minimum Gasteiger partial charge on any atom is -0.382 e. The van der Waals surface area contributed by atoms with E-state index < -0.39 is 5.60 Å². The van der Waals surface area contributed by atoms with Crippen LogP contribution >= 0.6 is 0 Å². The number of nitrogens with one attached hydrogen (secondary N) is 1. The fourth-order valence-electron chi connectivity index (χ4n) is 1.70. The molecule has 0 amide bonds. The van der Waals surface area contributed by atoms with Crippen molar-refractivity contribution < 1.29 is 5.11 Å². The molecule has 1 unspecified atom stereocenters. The number of aliphatic hydroxyl groups is 1. The quantitative estimate of drug-likeness (QED) is 0.468. The van der Waals surface area contributed by atoms with Gasteiger partial charge in [-0.3, -0.25) is 5.84 Å². The van der Waals surface area contributed by atoms with Crippen LogP contribution in [0.4, 0.5) is 0 Å². The van der Waals surface area contributed by atoms with Crippen LogP contribution in [-0.4, -0.2) is 37.3 Å². The largest absolute Gasteiger partial charge is 0.382 e. The van der Waals surface area contributed by atoms with Crippen LogP contribution in [0.5, 0.6) is 0 Å². The molecule has 0 saturated heterocycles. The van der Waals surface area contributed by atoms with Gasteiger partial charge in [-0.25, -0.2) is 5.01 Å². The standard InChI is InChI=1S/C11H19N3O/c1-13-8-11(15,9-14(2)12)10-6-4-3-5-7-10/h3-7,13,15H,8-9,12H2,1-2H3. The number of hydrogen-bond donors (Lipinski definition) is 3. The van der Waals surface area contributed by atoms with Gasteiger partial charge in [0, 0.05) is 20.1 Å². The van der Waals surface area contributed by atoms with Crippen LogP contribution in [-0.2, 0) is 5.60 Å². The van der Waals surface area contributed by atoms with Gasteiger partial charge in [-0.15, -0.1) is 0 Å². The van der Waals surface area contributed by atoms with Crippen molar-refractivity contribution in [3.05, 3.63) is 35.9 Å². The molecular weight excluding hydrogens is 190 g/mol. The highest BCUT2D eigenvalue weighted by molar-refractivity contribution is 5.23. The lowest BCUT2D eigenvalue weighted by Gasteiger charge is -2.31. The second-order valence-corrected chi connectivity index (χ2v) is 3.84. The Labute approximate surface area is 90.7 Å². The average Bonchev–Trinajstić information content (AvgIpc) is 2.18. The van der Waals surface area contributed by atoms with E-state index >= 15 is 0 Å². The van der Waals surface area contributed by atoms with Crippen LogP contribution in [0.2, 0.25) is 0 Å². The maximum atomic E-state index is 10.5. The van der Waals surface area contributed by atoms with Gasteiger partial charge in [0.2, 0.25) is 0 Å². The van der Waals surface area contributed by atoms with Crippen LogP contribution < -0.4 is 11.2 Å². The molecule has 0 bridgehead atoms. The molecule has 1 atom stereocenters. The number of hydrazine groups is 1. The van der Waals surface area contributed by atoms with E-state index in [9.17, 15) is 5.11 Å². The summed E-state index contributed by atoms with van der Waals surface area (Å²) in [6.07, 6.45) is 0. The van der Waals surface area contributed by atoms with Crippen molar-refractivity contribution in [1.82, 2.24) is 10.3 Å². The first-order valence-electron chi connectivity index (χ1n) is 4.97. The summed E-state index contributed by atoms with van der Waals surface area (Å²) < 4.78 is 0. The van der Waals surface area contributed by atoms with Gasteiger partial charge in [0.1, 0.15) is 5.60 Å². The predicted octanol–water partition coefficient (Wildman–Crippen LogP) is -0.101.